The van der Waals surface area contributed by atoms with E-state index in [0.29, 0.717) is 33.3 Å². The first-order valence-electron chi connectivity index (χ1n) is 16.8. The molecule has 6 rings (SSSR count). The molecule has 0 heterocycles. The molecule has 20 heteroatoms. The number of hydrogen-bond donors (Lipinski definition) is 0. The first-order chi connectivity index (χ1) is 28.2. The molecular formula is C40H22Cl4F6N2O6S2. The fourth-order valence-corrected chi connectivity index (χ4v) is 8.78. The van der Waals surface area contributed by atoms with Crippen LogP contribution in [-0.2, 0) is 25.2 Å². The molecule has 310 valence electrons. The zero-order chi connectivity index (χ0) is 43.5. The SMILES string of the molecule is O=[N+]([O-])c1c(Cc2ccc(Cl)cc2)cc(Oc2ccc(C(F)(F)F)cc2Cl)cc1SSc1cc(Oc2ccc(C(F)(F)F)cc2Cl)cc(Cc2ccc(Cl)cc2)c1[N+](=O)[O-]. The van der Waals surface area contributed by atoms with Gasteiger partial charge in [-0.05, 0) is 106 Å². The van der Waals surface area contributed by atoms with Crippen molar-refractivity contribution in [2.75, 3.05) is 0 Å². The molecule has 0 aliphatic heterocycles. The second-order valence-electron chi connectivity index (χ2n) is 12.6. The highest BCUT2D eigenvalue weighted by Crippen LogP contribution is 2.50. The van der Waals surface area contributed by atoms with E-state index in [1.165, 1.54) is 24.3 Å². The Morgan fingerprint density at radius 1 is 0.517 bits per heavy atom. The van der Waals surface area contributed by atoms with Crippen molar-refractivity contribution in [1.29, 1.82) is 0 Å². The monoisotopic (exact) mass is 944 g/mol. The molecule has 60 heavy (non-hydrogen) atoms. The van der Waals surface area contributed by atoms with E-state index in [2.05, 4.69) is 0 Å². The van der Waals surface area contributed by atoms with Crippen LogP contribution in [0.1, 0.15) is 33.4 Å². The molecule has 0 unspecified atom stereocenters. The molecule has 0 saturated carbocycles. The zero-order valence-corrected chi connectivity index (χ0v) is 34.4. The highest BCUT2D eigenvalue weighted by molar-refractivity contribution is 8.76. The fourth-order valence-electron chi connectivity index (χ4n) is 5.71. The summed E-state index contributed by atoms with van der Waals surface area (Å²) in [6, 6.07) is 22.8. The molecule has 0 saturated heterocycles. The first-order valence-corrected chi connectivity index (χ1v) is 20.5. The van der Waals surface area contributed by atoms with Crippen LogP contribution in [0, 0.1) is 20.2 Å². The Bertz CT molecular complexity index is 2420. The molecule has 6 aromatic rings. The number of halogens is 10. The number of hydrogen-bond acceptors (Lipinski definition) is 8. The van der Waals surface area contributed by atoms with Crippen molar-refractivity contribution < 1.29 is 45.7 Å². The van der Waals surface area contributed by atoms with Crippen LogP contribution >= 0.6 is 68.0 Å². The van der Waals surface area contributed by atoms with Crippen LogP contribution in [0.3, 0.4) is 0 Å². The minimum atomic E-state index is -4.70. The van der Waals surface area contributed by atoms with E-state index in [1.54, 1.807) is 48.5 Å². The van der Waals surface area contributed by atoms with Gasteiger partial charge in [0.25, 0.3) is 11.4 Å². The lowest BCUT2D eigenvalue weighted by molar-refractivity contribution is -0.388. The van der Waals surface area contributed by atoms with Crippen LogP contribution in [0.4, 0.5) is 37.7 Å². The molecule has 0 aliphatic rings. The number of nitrogens with zero attached hydrogens (tertiary/aromatic N) is 2. The van der Waals surface area contributed by atoms with Crippen molar-refractivity contribution in [2.45, 2.75) is 35.0 Å². The average molecular weight is 947 g/mol. The maximum absolute atomic E-state index is 13.4. The molecule has 0 radical (unpaired) electrons. The lowest BCUT2D eigenvalue weighted by atomic mass is 10.0. The van der Waals surface area contributed by atoms with Crippen LogP contribution < -0.4 is 9.47 Å². The van der Waals surface area contributed by atoms with E-state index in [9.17, 15) is 46.6 Å². The Hall–Kier alpha value is -4.84. The third kappa shape index (κ3) is 11.1. The minimum absolute atomic E-state index is 0.0494. The molecule has 0 amide bonds. The first kappa shape index (κ1) is 44.7. The second-order valence-corrected chi connectivity index (χ2v) is 16.5. The van der Waals surface area contributed by atoms with Gasteiger partial charge in [0.05, 0.1) is 31.0 Å². The molecule has 0 bridgehead atoms. The summed E-state index contributed by atoms with van der Waals surface area (Å²) in [5, 5.41) is 25.5. The normalized spacial score (nSPS) is 11.7. The van der Waals surface area contributed by atoms with Gasteiger partial charge in [-0.25, -0.2) is 0 Å². The zero-order valence-electron chi connectivity index (χ0n) is 29.7. The Morgan fingerprint density at radius 2 is 0.867 bits per heavy atom. The van der Waals surface area contributed by atoms with E-state index >= 15 is 0 Å². The summed E-state index contributed by atoms with van der Waals surface area (Å²) >= 11 is 24.4. The minimum Gasteiger partial charge on any atom is -0.456 e. The third-order valence-corrected chi connectivity index (χ3v) is 11.9. The van der Waals surface area contributed by atoms with E-state index in [-0.39, 0.29) is 56.8 Å². The van der Waals surface area contributed by atoms with Gasteiger partial charge in [0, 0.05) is 46.1 Å². The maximum atomic E-state index is 13.4. The summed E-state index contributed by atoms with van der Waals surface area (Å²) < 4.78 is 92.0. The molecule has 0 aromatic heterocycles. The van der Waals surface area contributed by atoms with E-state index in [0.717, 1.165) is 45.9 Å². The van der Waals surface area contributed by atoms with Crippen molar-refractivity contribution in [3.05, 3.63) is 183 Å². The smallest absolute Gasteiger partial charge is 0.416 e. The van der Waals surface area contributed by atoms with Crippen molar-refractivity contribution >= 4 is 79.4 Å². The van der Waals surface area contributed by atoms with Gasteiger partial charge in [0.2, 0.25) is 0 Å². The highest BCUT2D eigenvalue weighted by Gasteiger charge is 2.33. The number of benzene rings is 6. The van der Waals surface area contributed by atoms with Gasteiger partial charge in [-0.2, -0.15) is 26.3 Å². The summed E-state index contributed by atoms with van der Waals surface area (Å²) in [7, 11) is 1.45. The topological polar surface area (TPSA) is 105 Å². The summed E-state index contributed by atoms with van der Waals surface area (Å²) in [5.41, 5.74) is -1.54. The van der Waals surface area contributed by atoms with E-state index in [4.69, 9.17) is 55.9 Å². The van der Waals surface area contributed by atoms with Crippen LogP contribution in [0.5, 0.6) is 23.0 Å². The highest BCUT2D eigenvalue weighted by atomic mass is 35.5. The van der Waals surface area contributed by atoms with Gasteiger partial charge in [0.1, 0.15) is 32.8 Å². The van der Waals surface area contributed by atoms with Gasteiger partial charge >= 0.3 is 12.4 Å². The molecule has 6 aromatic carbocycles. The van der Waals surface area contributed by atoms with Gasteiger partial charge in [0.15, 0.2) is 0 Å². The predicted octanol–water partition coefficient (Wildman–Crippen LogP) is 15.7. The summed E-state index contributed by atoms with van der Waals surface area (Å²) in [6.07, 6.45) is -9.50. The summed E-state index contributed by atoms with van der Waals surface area (Å²) in [5.74, 6) is -0.537. The number of ether oxygens (including phenoxy) is 2. The summed E-state index contributed by atoms with van der Waals surface area (Å²) in [4.78, 5) is 24.0. The second kappa shape index (κ2) is 18.4. The third-order valence-electron chi connectivity index (χ3n) is 8.43. The van der Waals surface area contributed by atoms with E-state index < -0.39 is 54.7 Å². The molecule has 0 atom stereocenters. The maximum Gasteiger partial charge on any atom is 0.416 e. The number of alkyl halides is 6. The van der Waals surface area contributed by atoms with E-state index in [1.807, 2.05) is 0 Å². The van der Waals surface area contributed by atoms with Crippen molar-refractivity contribution in [3.8, 4) is 23.0 Å². The fraction of sp³-hybridized carbons (Fsp3) is 0.100. The molecular weight excluding hydrogens is 924 g/mol. The van der Waals surface area contributed by atoms with Crippen LogP contribution in [0.25, 0.3) is 0 Å². The van der Waals surface area contributed by atoms with Crippen LogP contribution in [-0.4, -0.2) is 9.85 Å². The van der Waals surface area contributed by atoms with Gasteiger partial charge < -0.3 is 9.47 Å². The van der Waals surface area contributed by atoms with Gasteiger partial charge in [-0.3, -0.25) is 20.2 Å². The molecule has 0 fully saturated rings. The average Bonchev–Trinajstić information content (AvgIpc) is 3.16. The van der Waals surface area contributed by atoms with Crippen molar-refractivity contribution in [3.63, 3.8) is 0 Å². The standard InChI is InChI=1S/C40H22Cl4F6N2O6S2/c41-27-7-1-21(2-8-27)13-23-15-29(57-33-11-5-25(17-31(33)43)39(45,46)47)19-35(37(23)51(53)54)59-60-36-20-30(58-34-12-6-26(18-32(34)44)40(48,49)50)16-24(38(36)52(55)56)14-22-3-9-28(42)10-4-22/h1-12,15-20H,13-14H2. The van der Waals surface area contributed by atoms with Gasteiger partial charge in [-0.15, -0.1) is 0 Å². The van der Waals surface area contributed by atoms with Crippen molar-refractivity contribution in [2.24, 2.45) is 0 Å². The molecule has 0 aliphatic carbocycles. The van der Waals surface area contributed by atoms with Gasteiger partial charge in [-0.1, -0.05) is 70.7 Å². The number of nitro benzene ring substituents is 2. The number of rotatable bonds is 13. The molecule has 0 N–H and O–H groups in total. The quantitative estimate of drug-likeness (QED) is 0.0488. The lowest BCUT2D eigenvalue weighted by Gasteiger charge is -2.15. The van der Waals surface area contributed by atoms with Crippen LogP contribution in [0.2, 0.25) is 20.1 Å². The van der Waals surface area contributed by atoms with Crippen LogP contribution in [0.15, 0.2) is 119 Å². The Labute approximate surface area is 364 Å². The Morgan fingerprint density at radius 3 is 1.17 bits per heavy atom. The predicted molar refractivity (Wildman–Crippen MR) is 219 cm³/mol. The molecule has 8 nitrogen and oxygen atoms in total. The van der Waals surface area contributed by atoms with Crippen molar-refractivity contribution in [1.82, 2.24) is 0 Å². The largest absolute Gasteiger partial charge is 0.456 e. The Kier molecular flexibility index (Phi) is 13.7. The molecule has 0 spiro atoms. The number of nitro groups is 2. The summed E-state index contributed by atoms with van der Waals surface area (Å²) in [6.45, 7) is 0. The Balaban J connectivity index is 1.45. The lowest BCUT2D eigenvalue weighted by Crippen LogP contribution is -2.04.